The van der Waals surface area contributed by atoms with Gasteiger partial charge in [-0.05, 0) is 48.7 Å². The van der Waals surface area contributed by atoms with Gasteiger partial charge in [0.15, 0.2) is 0 Å². The third kappa shape index (κ3) is 6.69. The Labute approximate surface area is 184 Å². The fourth-order valence-corrected chi connectivity index (χ4v) is 3.58. The van der Waals surface area contributed by atoms with Crippen molar-refractivity contribution in [2.45, 2.75) is 20.3 Å². The van der Waals surface area contributed by atoms with E-state index in [0.29, 0.717) is 39.3 Å². The van der Waals surface area contributed by atoms with Gasteiger partial charge in [0, 0.05) is 37.9 Å². The van der Waals surface area contributed by atoms with Crippen molar-refractivity contribution in [3.63, 3.8) is 0 Å². The summed E-state index contributed by atoms with van der Waals surface area (Å²) in [6.07, 6.45) is 4.31. The zero-order chi connectivity index (χ0) is 22.1. The summed E-state index contributed by atoms with van der Waals surface area (Å²) < 4.78 is 5.43. The molecular formula is C25H31N3O3. The molecule has 31 heavy (non-hydrogen) atoms. The molecule has 2 aromatic carbocycles. The van der Waals surface area contributed by atoms with Crippen LogP contribution in [0.2, 0.25) is 0 Å². The number of anilines is 1. The number of carbonyl (C=O) groups excluding carboxylic acids is 2. The Bertz CT molecular complexity index is 900. The second-order valence-electron chi connectivity index (χ2n) is 7.50. The van der Waals surface area contributed by atoms with E-state index in [0.717, 1.165) is 29.0 Å². The molecule has 1 aliphatic heterocycles. The number of carbonyl (C=O) groups is 2. The quantitative estimate of drug-likeness (QED) is 0.664. The molecule has 3 rings (SSSR count). The number of piperazine rings is 1. The van der Waals surface area contributed by atoms with Gasteiger partial charge in [0.25, 0.3) is 0 Å². The highest BCUT2D eigenvalue weighted by Crippen LogP contribution is 2.16. The average molecular weight is 422 g/mol. The van der Waals surface area contributed by atoms with E-state index in [2.05, 4.69) is 17.1 Å². The van der Waals surface area contributed by atoms with E-state index in [-0.39, 0.29) is 11.8 Å². The summed E-state index contributed by atoms with van der Waals surface area (Å²) in [5.41, 5.74) is 2.97. The van der Waals surface area contributed by atoms with Crippen molar-refractivity contribution < 1.29 is 14.3 Å². The minimum atomic E-state index is -0.0175. The molecule has 6 nitrogen and oxygen atoms in total. The van der Waals surface area contributed by atoms with Crippen LogP contribution in [-0.4, -0.2) is 60.9 Å². The second-order valence-corrected chi connectivity index (χ2v) is 7.50. The number of ether oxygens (including phenoxy) is 1. The smallest absolute Gasteiger partial charge is 0.246 e. The number of nitrogens with zero attached hydrogens (tertiary/aromatic N) is 2. The minimum absolute atomic E-state index is 0.00476. The van der Waals surface area contributed by atoms with Crippen LogP contribution in [0.3, 0.4) is 0 Å². The van der Waals surface area contributed by atoms with Gasteiger partial charge in [-0.2, -0.15) is 0 Å². The summed E-state index contributed by atoms with van der Waals surface area (Å²) in [5, 5.41) is 3.01. The summed E-state index contributed by atoms with van der Waals surface area (Å²) in [4.78, 5) is 28.8. The topological polar surface area (TPSA) is 61.9 Å². The summed E-state index contributed by atoms with van der Waals surface area (Å²) in [7, 11) is 0. The third-order valence-electron chi connectivity index (χ3n) is 5.33. The maximum absolute atomic E-state index is 12.5. The van der Waals surface area contributed by atoms with Crippen LogP contribution in [0, 0.1) is 0 Å². The first-order valence-electron chi connectivity index (χ1n) is 10.9. The molecular weight excluding hydrogens is 390 g/mol. The van der Waals surface area contributed by atoms with Gasteiger partial charge in [-0.3, -0.25) is 14.5 Å². The van der Waals surface area contributed by atoms with Gasteiger partial charge in [0.1, 0.15) is 5.75 Å². The van der Waals surface area contributed by atoms with Gasteiger partial charge in [-0.15, -0.1) is 0 Å². The standard InChI is InChI=1S/C25H31N3O3/c1-3-21-7-5-6-8-23(21)26-24(29)19-27-15-17-28(18-16-27)25(30)14-11-20-9-12-22(13-10-20)31-4-2/h5-14H,3-4,15-19H2,1-2H3,(H,26,29)/b14-11+. The maximum atomic E-state index is 12.5. The molecule has 0 aliphatic carbocycles. The molecule has 1 N–H and O–H groups in total. The number of para-hydroxylation sites is 1. The zero-order valence-electron chi connectivity index (χ0n) is 18.3. The predicted molar refractivity (Wildman–Crippen MR) is 124 cm³/mol. The molecule has 1 aliphatic rings. The van der Waals surface area contributed by atoms with E-state index < -0.39 is 0 Å². The van der Waals surface area contributed by atoms with E-state index >= 15 is 0 Å². The molecule has 1 fully saturated rings. The Hall–Kier alpha value is -3.12. The molecule has 2 amide bonds. The van der Waals surface area contributed by atoms with Crippen LogP contribution >= 0.6 is 0 Å². The fraction of sp³-hybridized carbons (Fsp3) is 0.360. The van der Waals surface area contributed by atoms with Crippen molar-refractivity contribution in [1.82, 2.24) is 9.80 Å². The number of amides is 2. The highest BCUT2D eigenvalue weighted by molar-refractivity contribution is 5.93. The summed E-state index contributed by atoms with van der Waals surface area (Å²) in [6.45, 7) is 7.60. The van der Waals surface area contributed by atoms with Gasteiger partial charge in [0.2, 0.25) is 11.8 Å². The van der Waals surface area contributed by atoms with Crippen molar-refractivity contribution in [3.05, 3.63) is 65.7 Å². The van der Waals surface area contributed by atoms with Crippen LogP contribution in [0.1, 0.15) is 25.0 Å². The van der Waals surface area contributed by atoms with Crippen LogP contribution in [-0.2, 0) is 16.0 Å². The number of rotatable bonds is 8. The maximum Gasteiger partial charge on any atom is 0.246 e. The van der Waals surface area contributed by atoms with Crippen molar-refractivity contribution in [3.8, 4) is 5.75 Å². The molecule has 0 bridgehead atoms. The first kappa shape index (κ1) is 22.6. The fourth-order valence-electron chi connectivity index (χ4n) is 3.58. The molecule has 0 radical (unpaired) electrons. The number of nitrogens with one attached hydrogen (secondary N) is 1. The van der Waals surface area contributed by atoms with E-state index in [9.17, 15) is 9.59 Å². The first-order valence-corrected chi connectivity index (χ1v) is 10.9. The Balaban J connectivity index is 1.44. The van der Waals surface area contributed by atoms with Crippen LogP contribution in [0.5, 0.6) is 5.75 Å². The molecule has 0 saturated carbocycles. The van der Waals surface area contributed by atoms with Gasteiger partial charge in [-0.1, -0.05) is 37.3 Å². The van der Waals surface area contributed by atoms with E-state index in [1.807, 2.05) is 66.4 Å². The molecule has 6 heteroatoms. The monoisotopic (exact) mass is 421 g/mol. The van der Waals surface area contributed by atoms with Crippen molar-refractivity contribution in [1.29, 1.82) is 0 Å². The highest BCUT2D eigenvalue weighted by Gasteiger charge is 2.21. The molecule has 164 valence electrons. The first-order chi connectivity index (χ1) is 15.1. The third-order valence-corrected chi connectivity index (χ3v) is 5.33. The van der Waals surface area contributed by atoms with Gasteiger partial charge >= 0.3 is 0 Å². The Morgan fingerprint density at radius 2 is 1.71 bits per heavy atom. The van der Waals surface area contributed by atoms with Crippen LogP contribution in [0.25, 0.3) is 6.08 Å². The van der Waals surface area contributed by atoms with Gasteiger partial charge < -0.3 is 15.0 Å². The number of hydrogen-bond donors (Lipinski definition) is 1. The molecule has 2 aromatic rings. The molecule has 0 spiro atoms. The normalized spacial score (nSPS) is 14.6. The van der Waals surface area contributed by atoms with Crippen molar-refractivity contribution >= 4 is 23.6 Å². The molecule has 1 heterocycles. The lowest BCUT2D eigenvalue weighted by atomic mass is 10.1. The average Bonchev–Trinajstić information content (AvgIpc) is 2.79. The highest BCUT2D eigenvalue weighted by atomic mass is 16.5. The van der Waals surface area contributed by atoms with Crippen molar-refractivity contribution in [2.75, 3.05) is 44.6 Å². The number of hydrogen-bond acceptors (Lipinski definition) is 4. The largest absolute Gasteiger partial charge is 0.494 e. The van der Waals surface area contributed by atoms with E-state index in [1.165, 1.54) is 0 Å². The number of benzene rings is 2. The van der Waals surface area contributed by atoms with E-state index in [1.54, 1.807) is 6.08 Å². The van der Waals surface area contributed by atoms with Crippen LogP contribution in [0.15, 0.2) is 54.6 Å². The van der Waals surface area contributed by atoms with Crippen LogP contribution in [0.4, 0.5) is 5.69 Å². The lowest BCUT2D eigenvalue weighted by Gasteiger charge is -2.33. The Morgan fingerprint density at radius 3 is 2.39 bits per heavy atom. The SMILES string of the molecule is CCOc1ccc(/C=C/C(=O)N2CCN(CC(=O)Nc3ccccc3CC)CC2)cc1. The molecule has 0 aromatic heterocycles. The summed E-state index contributed by atoms with van der Waals surface area (Å²) >= 11 is 0. The van der Waals surface area contributed by atoms with Gasteiger partial charge in [0.05, 0.1) is 13.2 Å². The van der Waals surface area contributed by atoms with Gasteiger partial charge in [-0.25, -0.2) is 0 Å². The minimum Gasteiger partial charge on any atom is -0.494 e. The second kappa shape index (κ2) is 11.3. The van der Waals surface area contributed by atoms with E-state index in [4.69, 9.17) is 4.74 Å². The summed E-state index contributed by atoms with van der Waals surface area (Å²) in [5.74, 6) is 0.801. The van der Waals surface area contributed by atoms with Crippen molar-refractivity contribution in [2.24, 2.45) is 0 Å². The number of aryl methyl sites for hydroxylation is 1. The summed E-state index contributed by atoms with van der Waals surface area (Å²) in [6, 6.07) is 15.5. The Morgan fingerprint density at radius 1 is 1.00 bits per heavy atom. The predicted octanol–water partition coefficient (Wildman–Crippen LogP) is 3.44. The zero-order valence-corrected chi connectivity index (χ0v) is 18.3. The molecule has 0 unspecified atom stereocenters. The molecule has 0 atom stereocenters. The van der Waals surface area contributed by atoms with Crippen LogP contribution < -0.4 is 10.1 Å². The lowest BCUT2D eigenvalue weighted by Crippen LogP contribution is -2.50. The Kier molecular flexibility index (Phi) is 8.24. The lowest BCUT2D eigenvalue weighted by molar-refractivity contribution is -0.127. The molecule has 1 saturated heterocycles.